The number of nitrogens with zero attached hydrogens (tertiary/aromatic N) is 2. The average molecular weight is 329 g/mol. The summed E-state index contributed by atoms with van der Waals surface area (Å²) in [6.45, 7) is 0. The second kappa shape index (κ2) is 6.45. The van der Waals surface area contributed by atoms with Gasteiger partial charge in [-0.2, -0.15) is 0 Å². The van der Waals surface area contributed by atoms with Gasteiger partial charge in [-0.05, 0) is 42.5 Å². The van der Waals surface area contributed by atoms with E-state index in [4.69, 9.17) is 0 Å². The molecule has 0 spiro atoms. The van der Waals surface area contributed by atoms with Crippen LogP contribution >= 0.6 is 0 Å². The number of rotatable bonds is 4. The zero-order chi connectivity index (χ0) is 17.1. The van der Waals surface area contributed by atoms with E-state index in [0.29, 0.717) is 11.5 Å². The lowest BCUT2D eigenvalue weighted by molar-refractivity contribution is 0.102. The van der Waals surface area contributed by atoms with Crippen molar-refractivity contribution < 1.29 is 4.79 Å². The molecule has 2 aromatic carbocycles. The first-order valence-electron chi connectivity index (χ1n) is 7.81. The van der Waals surface area contributed by atoms with Crippen LogP contribution in [0.4, 0.5) is 17.3 Å². The molecule has 0 saturated heterocycles. The summed E-state index contributed by atoms with van der Waals surface area (Å²) in [7, 11) is 0. The number of hydrogen-bond donors (Lipinski definition) is 3. The van der Waals surface area contributed by atoms with Gasteiger partial charge < -0.3 is 15.6 Å². The lowest BCUT2D eigenvalue weighted by Crippen LogP contribution is -2.12. The summed E-state index contributed by atoms with van der Waals surface area (Å²) in [5.41, 5.74) is 3.05. The number of carbonyl (C=O) groups excluding carboxylic acids is 1. The minimum atomic E-state index is -0.175. The van der Waals surface area contributed by atoms with E-state index in [1.807, 2.05) is 42.6 Å². The molecule has 6 heteroatoms. The maximum Gasteiger partial charge on any atom is 0.255 e. The Labute approximate surface area is 144 Å². The summed E-state index contributed by atoms with van der Waals surface area (Å²) in [5, 5.41) is 7.02. The molecule has 0 unspecified atom stereocenters. The van der Waals surface area contributed by atoms with E-state index in [2.05, 4.69) is 25.6 Å². The second-order valence-electron chi connectivity index (χ2n) is 5.48. The highest BCUT2D eigenvalue weighted by Crippen LogP contribution is 2.23. The Hall–Kier alpha value is -3.67. The van der Waals surface area contributed by atoms with E-state index < -0.39 is 0 Å². The molecule has 4 aromatic rings. The van der Waals surface area contributed by atoms with Gasteiger partial charge in [0.15, 0.2) is 0 Å². The van der Waals surface area contributed by atoms with Crippen LogP contribution in [0.25, 0.3) is 10.9 Å². The Kier molecular flexibility index (Phi) is 3.84. The Balaban J connectivity index is 1.56. The zero-order valence-corrected chi connectivity index (χ0v) is 13.2. The van der Waals surface area contributed by atoms with Crippen LogP contribution in [0.2, 0.25) is 0 Å². The van der Waals surface area contributed by atoms with E-state index in [0.717, 1.165) is 22.3 Å². The van der Waals surface area contributed by atoms with Crippen molar-refractivity contribution in [3.63, 3.8) is 0 Å². The van der Waals surface area contributed by atoms with Crippen molar-refractivity contribution in [3.8, 4) is 0 Å². The highest BCUT2D eigenvalue weighted by Gasteiger charge is 2.09. The maximum atomic E-state index is 12.6. The van der Waals surface area contributed by atoms with Gasteiger partial charge in [0.2, 0.25) is 5.95 Å². The molecule has 4 rings (SSSR count). The molecule has 25 heavy (non-hydrogen) atoms. The molecular weight excluding hydrogens is 314 g/mol. The number of aromatic nitrogens is 3. The number of anilines is 3. The number of benzene rings is 2. The van der Waals surface area contributed by atoms with Crippen LogP contribution in [0, 0.1) is 0 Å². The molecule has 1 amide bonds. The highest BCUT2D eigenvalue weighted by atomic mass is 16.1. The molecule has 0 aliphatic heterocycles. The summed E-state index contributed by atoms with van der Waals surface area (Å²) < 4.78 is 0. The normalized spacial score (nSPS) is 10.6. The van der Waals surface area contributed by atoms with Crippen LogP contribution in [0.3, 0.4) is 0 Å². The van der Waals surface area contributed by atoms with Crippen LogP contribution in [0.1, 0.15) is 10.4 Å². The number of fused-ring (bicyclic) bond motifs is 1. The number of nitrogens with one attached hydrogen (secondary N) is 3. The topological polar surface area (TPSA) is 82.7 Å². The van der Waals surface area contributed by atoms with Gasteiger partial charge in [-0.1, -0.05) is 12.1 Å². The molecule has 0 saturated carbocycles. The molecule has 3 N–H and O–H groups in total. The fraction of sp³-hybridized carbons (Fsp3) is 0. The van der Waals surface area contributed by atoms with E-state index in [9.17, 15) is 4.79 Å². The number of carbonyl (C=O) groups is 1. The SMILES string of the molecule is O=C(Nc1cccc2[nH]ccc12)c1cccc(Nc2ncccn2)c1. The third kappa shape index (κ3) is 3.18. The predicted octanol–water partition coefficient (Wildman–Crippen LogP) is 3.95. The number of H-pyrrole nitrogens is 1. The van der Waals surface area contributed by atoms with Gasteiger partial charge in [0, 0.05) is 40.7 Å². The van der Waals surface area contributed by atoms with Crippen molar-refractivity contribution in [1.82, 2.24) is 15.0 Å². The molecule has 0 aliphatic rings. The van der Waals surface area contributed by atoms with Crippen LogP contribution in [-0.4, -0.2) is 20.9 Å². The lowest BCUT2D eigenvalue weighted by atomic mass is 10.1. The Morgan fingerprint density at radius 1 is 0.960 bits per heavy atom. The van der Waals surface area contributed by atoms with Crippen LogP contribution in [0.5, 0.6) is 0 Å². The van der Waals surface area contributed by atoms with Crippen molar-refractivity contribution in [2.75, 3.05) is 10.6 Å². The van der Waals surface area contributed by atoms with Crippen molar-refractivity contribution in [1.29, 1.82) is 0 Å². The Morgan fingerprint density at radius 3 is 2.68 bits per heavy atom. The van der Waals surface area contributed by atoms with Crippen molar-refractivity contribution in [2.24, 2.45) is 0 Å². The molecule has 122 valence electrons. The monoisotopic (exact) mass is 329 g/mol. The maximum absolute atomic E-state index is 12.6. The van der Waals surface area contributed by atoms with Crippen molar-refractivity contribution in [2.45, 2.75) is 0 Å². The van der Waals surface area contributed by atoms with Crippen LogP contribution in [-0.2, 0) is 0 Å². The highest BCUT2D eigenvalue weighted by molar-refractivity contribution is 6.09. The van der Waals surface area contributed by atoms with Gasteiger partial charge >= 0.3 is 0 Å². The fourth-order valence-electron chi connectivity index (χ4n) is 2.62. The summed E-state index contributed by atoms with van der Waals surface area (Å²) in [6.07, 6.45) is 5.16. The standard InChI is InChI=1S/C19H15N5O/c25-18(24-17-7-2-6-16-15(17)8-11-20-16)13-4-1-5-14(12-13)23-19-21-9-3-10-22-19/h1-12,20H,(H,24,25)(H,21,22,23). The first kappa shape index (κ1) is 14.9. The summed E-state index contributed by atoms with van der Waals surface area (Å²) in [5.74, 6) is 0.309. The van der Waals surface area contributed by atoms with E-state index in [1.165, 1.54) is 0 Å². The third-order valence-electron chi connectivity index (χ3n) is 3.79. The third-order valence-corrected chi connectivity index (χ3v) is 3.79. The second-order valence-corrected chi connectivity index (χ2v) is 5.48. The van der Waals surface area contributed by atoms with Crippen LogP contribution in [0.15, 0.2) is 73.2 Å². The van der Waals surface area contributed by atoms with Gasteiger partial charge in [-0.15, -0.1) is 0 Å². The van der Waals surface area contributed by atoms with Gasteiger partial charge in [-0.3, -0.25) is 4.79 Å². The summed E-state index contributed by atoms with van der Waals surface area (Å²) >= 11 is 0. The molecular formula is C19H15N5O. The molecule has 0 bridgehead atoms. The van der Waals surface area contributed by atoms with Gasteiger partial charge in [0.1, 0.15) is 0 Å². The van der Waals surface area contributed by atoms with Crippen molar-refractivity contribution >= 4 is 34.1 Å². The van der Waals surface area contributed by atoms with Crippen molar-refractivity contribution in [3.05, 3.63) is 78.8 Å². The molecule has 0 radical (unpaired) electrons. The number of amides is 1. The Bertz CT molecular complexity index is 1030. The lowest BCUT2D eigenvalue weighted by Gasteiger charge is -2.09. The van der Waals surface area contributed by atoms with E-state index in [-0.39, 0.29) is 5.91 Å². The molecule has 2 aromatic heterocycles. The smallest absolute Gasteiger partial charge is 0.255 e. The average Bonchev–Trinajstić information content (AvgIpc) is 3.13. The summed E-state index contributed by atoms with van der Waals surface area (Å²) in [6, 6.07) is 16.7. The molecule has 6 nitrogen and oxygen atoms in total. The molecule has 0 aliphatic carbocycles. The minimum Gasteiger partial charge on any atom is -0.361 e. The quantitative estimate of drug-likeness (QED) is 0.529. The number of aromatic amines is 1. The fourth-order valence-corrected chi connectivity index (χ4v) is 2.62. The van der Waals surface area contributed by atoms with E-state index in [1.54, 1.807) is 30.6 Å². The van der Waals surface area contributed by atoms with Gasteiger partial charge in [0.05, 0.1) is 5.69 Å². The predicted molar refractivity (Wildman–Crippen MR) is 98.0 cm³/mol. The van der Waals surface area contributed by atoms with E-state index >= 15 is 0 Å². The number of hydrogen-bond acceptors (Lipinski definition) is 4. The molecule has 2 heterocycles. The Morgan fingerprint density at radius 2 is 1.80 bits per heavy atom. The summed E-state index contributed by atoms with van der Waals surface area (Å²) in [4.78, 5) is 24.0. The first-order chi connectivity index (χ1) is 12.3. The minimum absolute atomic E-state index is 0.175. The first-order valence-corrected chi connectivity index (χ1v) is 7.81. The molecule has 0 fully saturated rings. The van der Waals surface area contributed by atoms with Gasteiger partial charge in [-0.25, -0.2) is 9.97 Å². The van der Waals surface area contributed by atoms with Crippen LogP contribution < -0.4 is 10.6 Å². The van der Waals surface area contributed by atoms with Gasteiger partial charge in [0.25, 0.3) is 5.91 Å². The largest absolute Gasteiger partial charge is 0.361 e. The zero-order valence-electron chi connectivity index (χ0n) is 13.2. The molecule has 0 atom stereocenters.